The van der Waals surface area contributed by atoms with E-state index in [0.717, 1.165) is 25.7 Å². The minimum absolute atomic E-state index is 0.0671. The lowest BCUT2D eigenvalue weighted by atomic mass is 9.95. The average molecular weight is 220 g/mol. The van der Waals surface area contributed by atoms with Gasteiger partial charge in [-0.15, -0.1) is 0 Å². The molecule has 1 aliphatic carbocycles. The second-order valence-electron chi connectivity index (χ2n) is 4.50. The number of aliphatic hydroxyl groups excluding tert-OH is 1. The van der Waals surface area contributed by atoms with Crippen molar-refractivity contribution in [1.82, 2.24) is 0 Å². The van der Waals surface area contributed by atoms with Crippen molar-refractivity contribution in [2.75, 3.05) is 6.61 Å². The van der Waals surface area contributed by atoms with E-state index >= 15 is 0 Å². The van der Waals surface area contributed by atoms with Crippen LogP contribution in [0.2, 0.25) is 0 Å². The largest absolute Gasteiger partial charge is 0.390 e. The number of ether oxygens (including phenoxy) is 1. The first-order valence-electron chi connectivity index (χ1n) is 6.20. The van der Waals surface area contributed by atoms with E-state index in [-0.39, 0.29) is 12.2 Å². The molecule has 1 fully saturated rings. The maximum absolute atomic E-state index is 9.74. The Labute approximate surface area is 97.3 Å². The van der Waals surface area contributed by atoms with Gasteiger partial charge in [-0.3, -0.25) is 0 Å². The smallest absolute Gasteiger partial charge is 0.0834 e. The Bertz CT molecular complexity index is 297. The van der Waals surface area contributed by atoms with E-state index in [1.807, 2.05) is 18.2 Å². The molecular weight excluding hydrogens is 200 g/mol. The Balaban J connectivity index is 1.71. The van der Waals surface area contributed by atoms with E-state index in [0.29, 0.717) is 6.61 Å². The highest BCUT2D eigenvalue weighted by Crippen LogP contribution is 2.21. The number of hydrogen-bond donors (Lipinski definition) is 1. The standard InChI is InChI=1S/C14H20O2/c15-13-8-4-5-9-14(13)16-11-10-12-6-2-1-3-7-12/h1-3,6-7,13-15H,4-5,8-11H2/t13-,14?/m1/s1. The average Bonchev–Trinajstić information content (AvgIpc) is 2.33. The molecule has 1 aromatic rings. The van der Waals surface area contributed by atoms with Crippen molar-refractivity contribution in [2.45, 2.75) is 44.3 Å². The van der Waals surface area contributed by atoms with Crippen molar-refractivity contribution in [3.8, 4) is 0 Å². The summed E-state index contributed by atoms with van der Waals surface area (Å²) in [6.07, 6.45) is 4.99. The summed E-state index contributed by atoms with van der Waals surface area (Å²) in [5.74, 6) is 0. The third-order valence-electron chi connectivity index (χ3n) is 3.23. The van der Waals surface area contributed by atoms with Gasteiger partial charge in [0.25, 0.3) is 0 Å². The van der Waals surface area contributed by atoms with E-state index in [1.165, 1.54) is 12.0 Å². The molecule has 16 heavy (non-hydrogen) atoms. The van der Waals surface area contributed by atoms with Crippen LogP contribution in [0.1, 0.15) is 31.2 Å². The van der Waals surface area contributed by atoms with Gasteiger partial charge in [-0.1, -0.05) is 43.2 Å². The van der Waals surface area contributed by atoms with E-state index in [2.05, 4.69) is 12.1 Å². The van der Waals surface area contributed by atoms with Crippen LogP contribution in [-0.4, -0.2) is 23.9 Å². The van der Waals surface area contributed by atoms with Crippen LogP contribution in [0.3, 0.4) is 0 Å². The van der Waals surface area contributed by atoms with Gasteiger partial charge in [0.15, 0.2) is 0 Å². The highest BCUT2D eigenvalue weighted by Gasteiger charge is 2.23. The van der Waals surface area contributed by atoms with Gasteiger partial charge in [0.1, 0.15) is 0 Å². The molecule has 1 aliphatic rings. The summed E-state index contributed by atoms with van der Waals surface area (Å²) in [5, 5.41) is 9.74. The molecule has 2 nitrogen and oxygen atoms in total. The molecule has 2 rings (SSSR count). The monoisotopic (exact) mass is 220 g/mol. The minimum atomic E-state index is -0.246. The number of rotatable bonds is 4. The van der Waals surface area contributed by atoms with E-state index < -0.39 is 0 Å². The molecule has 1 saturated carbocycles. The molecule has 0 amide bonds. The first kappa shape index (κ1) is 11.6. The first-order valence-corrected chi connectivity index (χ1v) is 6.20. The minimum Gasteiger partial charge on any atom is -0.390 e. The molecule has 88 valence electrons. The summed E-state index contributed by atoms with van der Waals surface area (Å²) in [6, 6.07) is 10.3. The molecule has 0 aromatic heterocycles. The molecular formula is C14H20O2. The van der Waals surface area contributed by atoms with Crippen LogP contribution < -0.4 is 0 Å². The maximum Gasteiger partial charge on any atom is 0.0834 e. The normalized spacial score (nSPS) is 25.6. The Morgan fingerprint density at radius 2 is 1.88 bits per heavy atom. The van der Waals surface area contributed by atoms with Gasteiger partial charge in [-0.25, -0.2) is 0 Å². The fourth-order valence-electron chi connectivity index (χ4n) is 2.24. The van der Waals surface area contributed by atoms with Crippen LogP contribution in [0.25, 0.3) is 0 Å². The van der Waals surface area contributed by atoms with Crippen LogP contribution in [0.15, 0.2) is 30.3 Å². The van der Waals surface area contributed by atoms with Gasteiger partial charge in [0.05, 0.1) is 18.8 Å². The zero-order valence-corrected chi connectivity index (χ0v) is 9.64. The van der Waals surface area contributed by atoms with Crippen LogP contribution >= 0.6 is 0 Å². The molecule has 0 radical (unpaired) electrons. The second kappa shape index (κ2) is 6.02. The molecule has 2 heteroatoms. The second-order valence-corrected chi connectivity index (χ2v) is 4.50. The summed E-state index contributed by atoms with van der Waals surface area (Å²) < 4.78 is 5.75. The van der Waals surface area contributed by atoms with Gasteiger partial charge in [-0.2, -0.15) is 0 Å². The molecule has 1 aromatic carbocycles. The predicted molar refractivity (Wildman–Crippen MR) is 64.4 cm³/mol. The van der Waals surface area contributed by atoms with E-state index in [1.54, 1.807) is 0 Å². The van der Waals surface area contributed by atoms with Gasteiger partial charge < -0.3 is 9.84 Å². The zero-order chi connectivity index (χ0) is 11.2. The molecule has 0 saturated heterocycles. The lowest BCUT2D eigenvalue weighted by Gasteiger charge is -2.27. The van der Waals surface area contributed by atoms with E-state index in [9.17, 15) is 5.11 Å². The van der Waals surface area contributed by atoms with Gasteiger partial charge in [0, 0.05) is 0 Å². The summed E-state index contributed by atoms with van der Waals surface area (Å²) in [4.78, 5) is 0. The number of benzene rings is 1. The van der Waals surface area contributed by atoms with E-state index in [4.69, 9.17) is 4.74 Å². The quantitative estimate of drug-likeness (QED) is 0.845. The summed E-state index contributed by atoms with van der Waals surface area (Å²) in [6.45, 7) is 0.714. The van der Waals surface area contributed by atoms with Crippen LogP contribution in [0, 0.1) is 0 Å². The third-order valence-corrected chi connectivity index (χ3v) is 3.23. The summed E-state index contributed by atoms with van der Waals surface area (Å²) >= 11 is 0. The number of hydrogen-bond acceptors (Lipinski definition) is 2. The summed E-state index contributed by atoms with van der Waals surface area (Å²) in [7, 11) is 0. The zero-order valence-electron chi connectivity index (χ0n) is 9.64. The lowest BCUT2D eigenvalue weighted by molar-refractivity contribution is -0.0575. The van der Waals surface area contributed by atoms with Crippen molar-refractivity contribution in [2.24, 2.45) is 0 Å². The van der Waals surface area contributed by atoms with Gasteiger partial charge >= 0.3 is 0 Å². The van der Waals surface area contributed by atoms with Gasteiger partial charge in [0.2, 0.25) is 0 Å². The van der Waals surface area contributed by atoms with Crippen molar-refractivity contribution in [3.05, 3.63) is 35.9 Å². The molecule has 2 atom stereocenters. The van der Waals surface area contributed by atoms with Crippen LogP contribution in [-0.2, 0) is 11.2 Å². The highest BCUT2D eigenvalue weighted by molar-refractivity contribution is 5.14. The predicted octanol–water partition coefficient (Wildman–Crippen LogP) is 2.55. The Hall–Kier alpha value is -0.860. The fraction of sp³-hybridized carbons (Fsp3) is 0.571. The molecule has 0 aliphatic heterocycles. The van der Waals surface area contributed by atoms with Gasteiger partial charge in [-0.05, 0) is 24.8 Å². The third kappa shape index (κ3) is 3.32. The fourth-order valence-corrected chi connectivity index (χ4v) is 2.24. The molecule has 1 N–H and O–H groups in total. The van der Waals surface area contributed by atoms with Crippen molar-refractivity contribution in [3.63, 3.8) is 0 Å². The topological polar surface area (TPSA) is 29.5 Å². The lowest BCUT2D eigenvalue weighted by Crippen LogP contribution is -2.32. The van der Waals surface area contributed by atoms with Crippen LogP contribution in [0.4, 0.5) is 0 Å². The van der Waals surface area contributed by atoms with Crippen molar-refractivity contribution >= 4 is 0 Å². The molecule has 0 bridgehead atoms. The maximum atomic E-state index is 9.74. The molecule has 0 spiro atoms. The molecule has 0 heterocycles. The van der Waals surface area contributed by atoms with Crippen LogP contribution in [0.5, 0.6) is 0 Å². The number of aliphatic hydroxyl groups is 1. The Morgan fingerprint density at radius 1 is 1.12 bits per heavy atom. The van der Waals surface area contributed by atoms with Crippen molar-refractivity contribution in [1.29, 1.82) is 0 Å². The van der Waals surface area contributed by atoms with Crippen molar-refractivity contribution < 1.29 is 9.84 Å². The Kier molecular flexibility index (Phi) is 4.37. The molecule has 1 unspecified atom stereocenters. The SMILES string of the molecule is O[C@@H]1CCCCC1OCCc1ccccc1. The summed E-state index contributed by atoms with van der Waals surface area (Å²) in [5.41, 5.74) is 1.30. The Morgan fingerprint density at radius 3 is 2.62 bits per heavy atom. The first-order chi connectivity index (χ1) is 7.86. The highest BCUT2D eigenvalue weighted by atomic mass is 16.5.